The summed E-state index contributed by atoms with van der Waals surface area (Å²) in [6, 6.07) is 20.1. The van der Waals surface area contributed by atoms with Crippen LogP contribution in [0.5, 0.6) is 0 Å². The third-order valence-corrected chi connectivity index (χ3v) is 9.45. The van der Waals surface area contributed by atoms with Crippen LogP contribution >= 0.6 is 0 Å². The zero-order valence-electron chi connectivity index (χ0n) is 23.6. The zero-order valence-corrected chi connectivity index (χ0v) is 24.4. The van der Waals surface area contributed by atoms with Crippen molar-refractivity contribution in [3.8, 4) is 0 Å². The molecule has 1 N–H and O–H groups in total. The van der Waals surface area contributed by atoms with E-state index in [1.54, 1.807) is 55.5 Å². The van der Waals surface area contributed by atoms with Gasteiger partial charge in [-0.05, 0) is 62.1 Å². The van der Waals surface area contributed by atoms with Crippen LogP contribution in [0.4, 0.5) is 10.1 Å². The van der Waals surface area contributed by atoms with E-state index in [-0.39, 0.29) is 29.0 Å². The third kappa shape index (κ3) is 7.52. The highest BCUT2D eigenvalue weighted by atomic mass is 32.2. The number of carbonyl (C=O) groups excluding carboxylic acids is 2. The van der Waals surface area contributed by atoms with Crippen LogP contribution < -0.4 is 9.62 Å². The number of carbonyl (C=O) groups is 2. The second kappa shape index (κ2) is 13.8. The number of rotatable bonds is 11. The second-order valence-corrected chi connectivity index (χ2v) is 12.3. The van der Waals surface area contributed by atoms with Gasteiger partial charge in [0.2, 0.25) is 11.8 Å². The van der Waals surface area contributed by atoms with Gasteiger partial charge in [0.25, 0.3) is 10.0 Å². The first-order valence-electron chi connectivity index (χ1n) is 14.2. The van der Waals surface area contributed by atoms with Gasteiger partial charge in [0.1, 0.15) is 18.4 Å². The van der Waals surface area contributed by atoms with E-state index in [0.717, 1.165) is 48.4 Å². The standard InChI is InChI=1S/C32H38FN3O4S/c1-3-25-18-20-28(21-19-25)36(41(39,40)29-15-8-5-9-16-29)23-31(37)35(22-26-12-10-11-17-30(26)33)24(2)32(38)34-27-13-6-4-7-14-27/h5,8-12,15-21,24,27H,3-4,6-7,13-14,22-23H2,1-2H3,(H,34,38)/t24-/m0/s1. The van der Waals surface area contributed by atoms with Crippen molar-refractivity contribution < 1.29 is 22.4 Å². The van der Waals surface area contributed by atoms with Crippen molar-refractivity contribution >= 4 is 27.5 Å². The molecule has 41 heavy (non-hydrogen) atoms. The Morgan fingerprint density at radius 2 is 1.56 bits per heavy atom. The summed E-state index contributed by atoms with van der Waals surface area (Å²) in [4.78, 5) is 28.7. The zero-order chi connectivity index (χ0) is 29.4. The summed E-state index contributed by atoms with van der Waals surface area (Å²) >= 11 is 0. The number of hydrogen-bond acceptors (Lipinski definition) is 4. The van der Waals surface area contributed by atoms with E-state index >= 15 is 0 Å². The fourth-order valence-corrected chi connectivity index (χ4v) is 6.54. The molecule has 1 saturated carbocycles. The van der Waals surface area contributed by atoms with Crippen molar-refractivity contribution in [1.82, 2.24) is 10.2 Å². The Morgan fingerprint density at radius 1 is 0.927 bits per heavy atom. The number of benzene rings is 3. The van der Waals surface area contributed by atoms with E-state index in [9.17, 15) is 22.4 Å². The molecule has 1 fully saturated rings. The molecule has 218 valence electrons. The van der Waals surface area contributed by atoms with Crippen LogP contribution in [0.25, 0.3) is 0 Å². The number of halogens is 1. The highest BCUT2D eigenvalue weighted by Gasteiger charge is 2.33. The van der Waals surface area contributed by atoms with Gasteiger partial charge in [-0.2, -0.15) is 0 Å². The van der Waals surface area contributed by atoms with E-state index in [0.29, 0.717) is 5.69 Å². The SMILES string of the molecule is CCc1ccc(N(CC(=O)N(Cc2ccccc2F)[C@@H](C)C(=O)NC2CCCCC2)S(=O)(=O)c2ccccc2)cc1. The minimum atomic E-state index is -4.14. The Bertz CT molecular complexity index is 1420. The molecule has 3 aromatic carbocycles. The molecule has 0 unspecified atom stereocenters. The van der Waals surface area contributed by atoms with Gasteiger partial charge in [-0.15, -0.1) is 0 Å². The lowest BCUT2D eigenvalue weighted by molar-refractivity contribution is -0.139. The first-order chi connectivity index (χ1) is 19.7. The summed E-state index contributed by atoms with van der Waals surface area (Å²) < 4.78 is 43.5. The summed E-state index contributed by atoms with van der Waals surface area (Å²) in [5.74, 6) is -1.46. The summed E-state index contributed by atoms with van der Waals surface area (Å²) in [7, 11) is -4.14. The Labute approximate surface area is 242 Å². The minimum Gasteiger partial charge on any atom is -0.352 e. The van der Waals surface area contributed by atoms with Gasteiger partial charge in [0.15, 0.2) is 0 Å². The lowest BCUT2D eigenvalue weighted by Crippen LogP contribution is -2.53. The molecule has 1 atom stereocenters. The summed E-state index contributed by atoms with van der Waals surface area (Å²) in [6.07, 6.45) is 5.70. The quantitative estimate of drug-likeness (QED) is 0.327. The molecule has 0 spiro atoms. The van der Waals surface area contributed by atoms with Crippen LogP contribution in [0.3, 0.4) is 0 Å². The molecule has 7 nitrogen and oxygen atoms in total. The maximum atomic E-state index is 14.7. The van der Waals surface area contributed by atoms with Crippen molar-refractivity contribution in [3.05, 3.63) is 95.8 Å². The molecule has 0 saturated heterocycles. The van der Waals surface area contributed by atoms with Crippen molar-refractivity contribution in [1.29, 1.82) is 0 Å². The van der Waals surface area contributed by atoms with E-state index < -0.39 is 34.3 Å². The Hall–Kier alpha value is -3.72. The summed E-state index contributed by atoms with van der Waals surface area (Å²) in [6.45, 7) is 2.86. The fourth-order valence-electron chi connectivity index (χ4n) is 5.11. The Kier molecular flexibility index (Phi) is 10.2. The predicted octanol–water partition coefficient (Wildman–Crippen LogP) is 5.45. The monoisotopic (exact) mass is 579 g/mol. The smallest absolute Gasteiger partial charge is 0.264 e. The molecule has 3 aromatic rings. The molecular weight excluding hydrogens is 541 g/mol. The third-order valence-electron chi connectivity index (χ3n) is 7.66. The lowest BCUT2D eigenvalue weighted by Gasteiger charge is -2.33. The maximum Gasteiger partial charge on any atom is 0.264 e. The molecule has 0 aliphatic heterocycles. The molecule has 2 amide bonds. The van der Waals surface area contributed by atoms with E-state index in [2.05, 4.69) is 5.32 Å². The molecule has 0 heterocycles. The van der Waals surface area contributed by atoms with Gasteiger partial charge in [0, 0.05) is 18.2 Å². The molecule has 0 bridgehead atoms. The van der Waals surface area contributed by atoms with Gasteiger partial charge < -0.3 is 10.2 Å². The van der Waals surface area contributed by atoms with Crippen LogP contribution in [-0.4, -0.2) is 43.8 Å². The highest BCUT2D eigenvalue weighted by molar-refractivity contribution is 7.92. The van der Waals surface area contributed by atoms with Gasteiger partial charge in [-0.25, -0.2) is 12.8 Å². The van der Waals surface area contributed by atoms with Crippen molar-refractivity contribution in [2.24, 2.45) is 0 Å². The van der Waals surface area contributed by atoms with Crippen LogP contribution in [0.15, 0.2) is 83.8 Å². The number of anilines is 1. The van der Waals surface area contributed by atoms with E-state index in [1.165, 1.54) is 23.1 Å². The number of aryl methyl sites for hydroxylation is 1. The summed E-state index contributed by atoms with van der Waals surface area (Å²) in [5.41, 5.74) is 1.58. The molecule has 9 heteroatoms. The van der Waals surface area contributed by atoms with Crippen molar-refractivity contribution in [2.75, 3.05) is 10.8 Å². The van der Waals surface area contributed by atoms with Gasteiger partial charge >= 0.3 is 0 Å². The van der Waals surface area contributed by atoms with Crippen LogP contribution in [0.2, 0.25) is 0 Å². The lowest BCUT2D eigenvalue weighted by atomic mass is 9.95. The van der Waals surface area contributed by atoms with Gasteiger partial charge in [-0.3, -0.25) is 13.9 Å². The maximum absolute atomic E-state index is 14.7. The molecular formula is C32H38FN3O4S. The first kappa shape index (κ1) is 30.2. The number of amides is 2. The largest absolute Gasteiger partial charge is 0.352 e. The molecule has 0 radical (unpaired) electrons. The predicted molar refractivity (Wildman–Crippen MR) is 158 cm³/mol. The van der Waals surface area contributed by atoms with E-state index in [4.69, 9.17) is 0 Å². The topological polar surface area (TPSA) is 86.8 Å². The summed E-state index contributed by atoms with van der Waals surface area (Å²) in [5, 5.41) is 3.05. The normalized spacial score (nSPS) is 14.7. The van der Waals surface area contributed by atoms with Crippen LogP contribution in [0, 0.1) is 5.82 Å². The van der Waals surface area contributed by atoms with Crippen molar-refractivity contribution in [2.45, 2.75) is 75.9 Å². The van der Waals surface area contributed by atoms with Crippen molar-refractivity contribution in [3.63, 3.8) is 0 Å². The molecule has 1 aliphatic rings. The molecule has 4 rings (SSSR count). The molecule has 1 aliphatic carbocycles. The first-order valence-corrected chi connectivity index (χ1v) is 15.6. The average Bonchev–Trinajstić information content (AvgIpc) is 3.00. The van der Waals surface area contributed by atoms with Crippen LogP contribution in [-0.2, 0) is 32.6 Å². The minimum absolute atomic E-state index is 0.0242. The number of hydrogen-bond donors (Lipinski definition) is 1. The average molecular weight is 580 g/mol. The number of sulfonamides is 1. The van der Waals surface area contributed by atoms with E-state index in [1.807, 2.05) is 19.1 Å². The van der Waals surface area contributed by atoms with Gasteiger partial charge in [0.05, 0.1) is 10.6 Å². The Morgan fingerprint density at radius 3 is 2.20 bits per heavy atom. The number of nitrogens with zero attached hydrogens (tertiary/aromatic N) is 2. The highest BCUT2D eigenvalue weighted by Crippen LogP contribution is 2.25. The number of nitrogens with one attached hydrogen (secondary N) is 1. The molecule has 0 aromatic heterocycles. The second-order valence-electron chi connectivity index (χ2n) is 10.5. The van der Waals surface area contributed by atoms with Crippen LogP contribution in [0.1, 0.15) is 57.1 Å². The Balaban J connectivity index is 1.67. The van der Waals surface area contributed by atoms with Gasteiger partial charge in [-0.1, -0.05) is 74.7 Å². The fraction of sp³-hybridized carbons (Fsp3) is 0.375.